The summed E-state index contributed by atoms with van der Waals surface area (Å²) in [6.07, 6.45) is 1.20. The number of hydrogen-bond donors (Lipinski definition) is 0. The zero-order valence-electron chi connectivity index (χ0n) is 18.1. The first-order valence-electron chi connectivity index (χ1n) is 9.76. The standard InChI is InChI=1S/C22H24ClN3O5S/c1-15(2)13-26(32(27,28)17-8-6-5-7-9-17)22-20(21(23)24-14-25-22)31-16-10-11-18(29-3)19(12-16)30-4/h5-12,14-15H,13H2,1-4H3. The smallest absolute Gasteiger partial charge is 0.265 e. The number of halogens is 1. The van der Waals surface area contributed by atoms with Gasteiger partial charge in [0.2, 0.25) is 5.75 Å². The molecule has 0 aliphatic heterocycles. The fourth-order valence-corrected chi connectivity index (χ4v) is 4.73. The molecule has 0 aliphatic rings. The van der Waals surface area contributed by atoms with Crippen LogP contribution < -0.4 is 18.5 Å². The summed E-state index contributed by atoms with van der Waals surface area (Å²) in [5, 5.41) is -0.0261. The fraction of sp³-hybridized carbons (Fsp3) is 0.273. The Morgan fingerprint density at radius 3 is 2.31 bits per heavy atom. The van der Waals surface area contributed by atoms with Crippen molar-refractivity contribution in [2.24, 2.45) is 5.92 Å². The van der Waals surface area contributed by atoms with E-state index in [0.29, 0.717) is 17.2 Å². The van der Waals surface area contributed by atoms with Crippen molar-refractivity contribution >= 4 is 27.4 Å². The highest BCUT2D eigenvalue weighted by molar-refractivity contribution is 7.92. The van der Waals surface area contributed by atoms with Crippen molar-refractivity contribution in [2.75, 3.05) is 25.1 Å². The molecule has 0 aliphatic carbocycles. The van der Waals surface area contributed by atoms with Gasteiger partial charge in [-0.2, -0.15) is 0 Å². The molecule has 3 aromatic rings. The topological polar surface area (TPSA) is 90.9 Å². The molecule has 3 rings (SSSR count). The molecule has 0 bridgehead atoms. The molecular formula is C22H24ClN3O5S. The monoisotopic (exact) mass is 477 g/mol. The normalized spacial score (nSPS) is 11.3. The number of ether oxygens (including phenoxy) is 3. The van der Waals surface area contributed by atoms with Crippen LogP contribution in [-0.4, -0.2) is 39.2 Å². The Bertz CT molecular complexity index is 1170. The average molecular weight is 478 g/mol. The van der Waals surface area contributed by atoms with Gasteiger partial charge in [-0.15, -0.1) is 0 Å². The molecular weight excluding hydrogens is 454 g/mol. The maximum absolute atomic E-state index is 13.5. The van der Waals surface area contributed by atoms with E-state index in [-0.39, 0.29) is 34.1 Å². The van der Waals surface area contributed by atoms with Gasteiger partial charge in [0.15, 0.2) is 22.5 Å². The molecule has 0 amide bonds. The second kappa shape index (κ2) is 10.1. The van der Waals surface area contributed by atoms with Crippen LogP contribution in [-0.2, 0) is 10.0 Å². The van der Waals surface area contributed by atoms with Crippen LogP contribution in [0.3, 0.4) is 0 Å². The Kier molecular flexibility index (Phi) is 7.42. The van der Waals surface area contributed by atoms with Crippen molar-refractivity contribution in [3.63, 3.8) is 0 Å². The molecule has 0 unspecified atom stereocenters. The summed E-state index contributed by atoms with van der Waals surface area (Å²) in [4.78, 5) is 8.34. The minimum atomic E-state index is -3.94. The molecule has 0 fully saturated rings. The molecule has 170 valence electrons. The number of hydrogen-bond acceptors (Lipinski definition) is 7. The molecule has 0 radical (unpaired) electrons. The second-order valence-electron chi connectivity index (χ2n) is 7.18. The predicted octanol–water partition coefficient (Wildman–Crippen LogP) is 4.79. The van der Waals surface area contributed by atoms with E-state index in [4.69, 9.17) is 25.8 Å². The lowest BCUT2D eigenvalue weighted by atomic mass is 10.2. The number of anilines is 1. The van der Waals surface area contributed by atoms with Gasteiger partial charge >= 0.3 is 0 Å². The second-order valence-corrected chi connectivity index (χ2v) is 9.40. The number of methoxy groups -OCH3 is 2. The quantitative estimate of drug-likeness (QED) is 0.409. The summed E-state index contributed by atoms with van der Waals surface area (Å²) in [6, 6.07) is 13.0. The van der Waals surface area contributed by atoms with Gasteiger partial charge in [0, 0.05) is 12.6 Å². The molecule has 2 aromatic carbocycles. The zero-order valence-corrected chi connectivity index (χ0v) is 19.7. The van der Waals surface area contributed by atoms with Gasteiger partial charge in [-0.25, -0.2) is 22.7 Å². The van der Waals surface area contributed by atoms with Gasteiger partial charge in [-0.05, 0) is 30.2 Å². The number of aromatic nitrogens is 2. The molecule has 0 spiro atoms. The van der Waals surface area contributed by atoms with Gasteiger partial charge in [-0.3, -0.25) is 0 Å². The molecule has 0 N–H and O–H groups in total. The molecule has 10 heteroatoms. The van der Waals surface area contributed by atoms with E-state index in [9.17, 15) is 8.42 Å². The highest BCUT2D eigenvalue weighted by Crippen LogP contribution is 2.40. The fourth-order valence-electron chi connectivity index (χ4n) is 2.96. The summed E-state index contributed by atoms with van der Waals surface area (Å²) >= 11 is 6.33. The first-order valence-corrected chi connectivity index (χ1v) is 11.6. The van der Waals surface area contributed by atoms with Gasteiger partial charge in [-0.1, -0.05) is 43.6 Å². The van der Waals surface area contributed by atoms with E-state index in [1.54, 1.807) is 36.4 Å². The lowest BCUT2D eigenvalue weighted by Crippen LogP contribution is -2.35. The molecule has 1 aromatic heterocycles. The first kappa shape index (κ1) is 23.6. The molecule has 0 atom stereocenters. The van der Waals surface area contributed by atoms with Gasteiger partial charge in [0.25, 0.3) is 10.0 Å². The minimum Gasteiger partial charge on any atom is -0.493 e. The Morgan fingerprint density at radius 2 is 1.69 bits per heavy atom. The SMILES string of the molecule is COc1ccc(Oc2c(Cl)ncnc2N(CC(C)C)S(=O)(=O)c2ccccc2)cc1OC. The zero-order chi connectivity index (χ0) is 23.3. The van der Waals surface area contributed by atoms with E-state index in [1.807, 2.05) is 13.8 Å². The number of rotatable bonds is 9. The van der Waals surface area contributed by atoms with Gasteiger partial charge in [0.1, 0.15) is 12.1 Å². The van der Waals surface area contributed by atoms with E-state index in [1.165, 1.54) is 37.0 Å². The lowest BCUT2D eigenvalue weighted by molar-refractivity contribution is 0.352. The highest BCUT2D eigenvalue weighted by atomic mass is 35.5. The van der Waals surface area contributed by atoms with E-state index in [2.05, 4.69) is 9.97 Å². The highest BCUT2D eigenvalue weighted by Gasteiger charge is 2.31. The average Bonchev–Trinajstić information content (AvgIpc) is 2.79. The van der Waals surface area contributed by atoms with Crippen LogP contribution in [0.15, 0.2) is 59.8 Å². The summed E-state index contributed by atoms with van der Waals surface area (Å²) in [6.45, 7) is 3.98. The third kappa shape index (κ3) is 5.05. The maximum atomic E-state index is 13.5. The van der Waals surface area contributed by atoms with Crippen molar-refractivity contribution in [3.8, 4) is 23.0 Å². The van der Waals surface area contributed by atoms with E-state index < -0.39 is 10.0 Å². The van der Waals surface area contributed by atoms with Crippen LogP contribution in [0.4, 0.5) is 5.82 Å². The predicted molar refractivity (Wildman–Crippen MR) is 122 cm³/mol. The number of nitrogens with zero attached hydrogens (tertiary/aromatic N) is 3. The number of benzene rings is 2. The third-order valence-corrected chi connectivity index (χ3v) is 6.45. The Morgan fingerprint density at radius 1 is 1.00 bits per heavy atom. The first-order chi connectivity index (χ1) is 15.3. The largest absolute Gasteiger partial charge is 0.493 e. The Hall–Kier alpha value is -3.04. The molecule has 1 heterocycles. The Labute approximate surface area is 192 Å². The van der Waals surface area contributed by atoms with Crippen LogP contribution in [0.2, 0.25) is 5.15 Å². The van der Waals surface area contributed by atoms with Crippen LogP contribution in [0.5, 0.6) is 23.0 Å². The third-order valence-electron chi connectivity index (χ3n) is 4.41. The summed E-state index contributed by atoms with van der Waals surface area (Å²) in [7, 11) is -0.918. The van der Waals surface area contributed by atoms with Crippen molar-refractivity contribution in [1.82, 2.24) is 9.97 Å². The van der Waals surface area contributed by atoms with Crippen molar-refractivity contribution in [1.29, 1.82) is 0 Å². The van der Waals surface area contributed by atoms with E-state index >= 15 is 0 Å². The summed E-state index contributed by atoms with van der Waals surface area (Å²) in [5.41, 5.74) is 0. The minimum absolute atomic E-state index is 0.00356. The lowest BCUT2D eigenvalue weighted by Gasteiger charge is -2.26. The van der Waals surface area contributed by atoms with Crippen molar-refractivity contribution < 1.29 is 22.6 Å². The van der Waals surface area contributed by atoms with Crippen molar-refractivity contribution in [2.45, 2.75) is 18.7 Å². The Balaban J connectivity index is 2.11. The van der Waals surface area contributed by atoms with Crippen LogP contribution in [0, 0.1) is 5.92 Å². The molecule has 32 heavy (non-hydrogen) atoms. The molecule has 0 saturated carbocycles. The maximum Gasteiger partial charge on any atom is 0.265 e. The molecule has 8 nitrogen and oxygen atoms in total. The van der Waals surface area contributed by atoms with E-state index in [0.717, 1.165) is 0 Å². The number of sulfonamides is 1. The van der Waals surface area contributed by atoms with Crippen LogP contribution in [0.1, 0.15) is 13.8 Å². The van der Waals surface area contributed by atoms with Gasteiger partial charge < -0.3 is 14.2 Å². The summed E-state index contributed by atoms with van der Waals surface area (Å²) < 4.78 is 44.7. The van der Waals surface area contributed by atoms with Crippen LogP contribution >= 0.6 is 11.6 Å². The van der Waals surface area contributed by atoms with Crippen molar-refractivity contribution in [3.05, 3.63) is 60.0 Å². The van der Waals surface area contributed by atoms with Gasteiger partial charge in [0.05, 0.1) is 19.1 Å². The summed E-state index contributed by atoms with van der Waals surface area (Å²) in [5.74, 6) is 1.36. The van der Waals surface area contributed by atoms with Crippen LogP contribution in [0.25, 0.3) is 0 Å². The molecule has 0 saturated heterocycles.